The van der Waals surface area contributed by atoms with Crippen molar-refractivity contribution < 1.29 is 21.9 Å². The molecule has 0 aromatic heterocycles. The summed E-state index contributed by atoms with van der Waals surface area (Å²) in [6.07, 6.45) is 16.8. The largest absolute Gasteiger partial charge is 0.299 e. The van der Waals surface area contributed by atoms with E-state index >= 15 is 0 Å². The molecule has 10 radical (unpaired) electrons. The van der Waals surface area contributed by atoms with Crippen molar-refractivity contribution in [1.29, 1.82) is 0 Å². The second-order valence-electron chi connectivity index (χ2n) is 3.38. The van der Waals surface area contributed by atoms with Crippen molar-refractivity contribution in [3.05, 3.63) is 63.2 Å². The van der Waals surface area contributed by atoms with Gasteiger partial charge in [0.05, 0.1) is 0 Å². The molecule has 0 spiro atoms. The second kappa shape index (κ2) is 9.24. The summed E-state index contributed by atoms with van der Waals surface area (Å²) < 4.78 is 0. The minimum absolute atomic E-state index is 0. The first-order valence-corrected chi connectivity index (χ1v) is 5.17. The van der Waals surface area contributed by atoms with E-state index in [0.717, 1.165) is 12.3 Å². The summed E-state index contributed by atoms with van der Waals surface area (Å²) in [5.41, 5.74) is 0. The Bertz CT molecular complexity index is 180. The molecule has 0 aliphatic heterocycles. The molecule has 0 bridgehead atoms. The molecule has 1 nitrogen and oxygen atoms in total. The van der Waals surface area contributed by atoms with Crippen molar-refractivity contribution >= 4 is 5.78 Å². The Morgan fingerprint density at radius 2 is 1.56 bits per heavy atom. The Hall–Kier alpha value is 0.189. The zero-order chi connectivity index (χ0) is 11.1. The Kier molecular flexibility index (Phi) is 9.35. The molecular formula is C14H16FeO. The van der Waals surface area contributed by atoms with Gasteiger partial charge in [-0.3, -0.25) is 4.79 Å². The number of ketones is 1. The molecule has 0 unspecified atom stereocenters. The average molecular weight is 256 g/mol. The van der Waals surface area contributed by atoms with Crippen molar-refractivity contribution in [3.8, 4) is 0 Å². The topological polar surface area (TPSA) is 17.1 Å². The number of carbonyl (C=O) groups excluding carboxylic acids is 1. The van der Waals surface area contributed by atoms with Gasteiger partial charge in [0.2, 0.25) is 0 Å². The third-order valence-electron chi connectivity index (χ3n) is 2.19. The van der Waals surface area contributed by atoms with Crippen LogP contribution in [0.15, 0.2) is 0 Å². The van der Waals surface area contributed by atoms with Crippen LogP contribution in [-0.2, 0) is 21.9 Å². The number of hydrogen-bond donors (Lipinski definition) is 0. The van der Waals surface area contributed by atoms with Crippen LogP contribution in [0.3, 0.4) is 0 Å². The van der Waals surface area contributed by atoms with Crippen LogP contribution in [0, 0.1) is 63.2 Å². The van der Waals surface area contributed by atoms with Gasteiger partial charge < -0.3 is 0 Å². The molecular weight excluding hydrogens is 240 g/mol. The predicted octanol–water partition coefficient (Wildman–Crippen LogP) is 2.78. The SMILES string of the molecule is CC[C]1[CH][CH][C](C(C)=O)[CH]1.[CH]1[CH][CH][CH][CH]1.[Fe]. The summed E-state index contributed by atoms with van der Waals surface area (Å²) >= 11 is 0. The second-order valence-corrected chi connectivity index (χ2v) is 3.38. The maximum absolute atomic E-state index is 10.8. The van der Waals surface area contributed by atoms with E-state index in [1.165, 1.54) is 5.92 Å². The molecule has 2 aliphatic carbocycles. The molecule has 2 fully saturated rings. The third-order valence-corrected chi connectivity index (χ3v) is 2.19. The van der Waals surface area contributed by atoms with Crippen molar-refractivity contribution in [3.63, 3.8) is 0 Å². The summed E-state index contributed by atoms with van der Waals surface area (Å²) in [4.78, 5) is 10.8. The zero-order valence-corrected chi connectivity index (χ0v) is 10.7. The zero-order valence-electron chi connectivity index (χ0n) is 9.59. The van der Waals surface area contributed by atoms with Gasteiger partial charge in [0, 0.05) is 23.0 Å². The van der Waals surface area contributed by atoms with Crippen LogP contribution in [0.5, 0.6) is 0 Å². The Morgan fingerprint density at radius 1 is 1.06 bits per heavy atom. The van der Waals surface area contributed by atoms with Crippen LogP contribution in [0.2, 0.25) is 0 Å². The number of rotatable bonds is 2. The van der Waals surface area contributed by atoms with E-state index < -0.39 is 0 Å². The van der Waals surface area contributed by atoms with E-state index in [9.17, 15) is 4.79 Å². The summed E-state index contributed by atoms with van der Waals surface area (Å²) in [5, 5.41) is 0. The molecule has 2 heteroatoms. The molecule has 0 saturated heterocycles. The number of hydrogen-bond acceptors (Lipinski definition) is 1. The van der Waals surface area contributed by atoms with E-state index in [0.29, 0.717) is 0 Å². The summed E-state index contributed by atoms with van der Waals surface area (Å²) in [7, 11) is 0. The van der Waals surface area contributed by atoms with Gasteiger partial charge in [-0.2, -0.15) is 0 Å². The van der Waals surface area contributed by atoms with Gasteiger partial charge in [-0.05, 0) is 70.6 Å². The van der Waals surface area contributed by atoms with E-state index in [1.807, 2.05) is 51.4 Å². The van der Waals surface area contributed by atoms with E-state index in [-0.39, 0.29) is 22.9 Å². The molecule has 2 rings (SSSR count). The van der Waals surface area contributed by atoms with E-state index in [4.69, 9.17) is 0 Å². The summed E-state index contributed by atoms with van der Waals surface area (Å²) in [6, 6.07) is 0. The van der Waals surface area contributed by atoms with E-state index in [1.54, 1.807) is 6.92 Å². The number of carbonyl (C=O) groups is 1. The third kappa shape index (κ3) is 6.06. The molecule has 0 heterocycles. The molecule has 16 heavy (non-hydrogen) atoms. The first kappa shape index (κ1) is 16.2. The van der Waals surface area contributed by atoms with Gasteiger partial charge in [0.1, 0.15) is 5.78 Å². The fourth-order valence-electron chi connectivity index (χ4n) is 1.25. The fraction of sp³-hybridized carbons (Fsp3) is 0.214. The smallest absolute Gasteiger partial charge is 0.137 e. The fourth-order valence-corrected chi connectivity index (χ4v) is 1.25. The Morgan fingerprint density at radius 3 is 1.81 bits per heavy atom. The Balaban J connectivity index is 0.000000318. The van der Waals surface area contributed by atoms with Crippen LogP contribution in [0.4, 0.5) is 0 Å². The molecule has 2 aliphatic rings. The minimum atomic E-state index is 0. The molecule has 0 aromatic rings. The summed E-state index contributed by atoms with van der Waals surface area (Å²) in [5.74, 6) is 2.22. The van der Waals surface area contributed by atoms with E-state index in [2.05, 4.69) is 6.92 Å². The normalized spacial score (nSPS) is 21.1. The van der Waals surface area contributed by atoms with Crippen LogP contribution >= 0.6 is 0 Å². The minimum Gasteiger partial charge on any atom is -0.299 e. The van der Waals surface area contributed by atoms with Crippen LogP contribution in [-0.4, -0.2) is 5.78 Å². The van der Waals surface area contributed by atoms with Crippen LogP contribution < -0.4 is 0 Å². The van der Waals surface area contributed by atoms with Gasteiger partial charge >= 0.3 is 0 Å². The van der Waals surface area contributed by atoms with Crippen molar-refractivity contribution in [1.82, 2.24) is 0 Å². The Labute approximate surface area is 111 Å². The summed E-state index contributed by atoms with van der Waals surface area (Å²) in [6.45, 7) is 3.67. The van der Waals surface area contributed by atoms with Crippen molar-refractivity contribution in [2.45, 2.75) is 20.3 Å². The molecule has 86 valence electrons. The molecule has 2 saturated carbocycles. The van der Waals surface area contributed by atoms with Crippen molar-refractivity contribution in [2.24, 2.45) is 0 Å². The predicted molar refractivity (Wildman–Crippen MR) is 61.9 cm³/mol. The average Bonchev–Trinajstić information content (AvgIpc) is 2.92. The van der Waals surface area contributed by atoms with Crippen LogP contribution in [0.25, 0.3) is 0 Å². The van der Waals surface area contributed by atoms with Crippen molar-refractivity contribution in [2.75, 3.05) is 0 Å². The molecule has 0 N–H and O–H groups in total. The molecule has 0 atom stereocenters. The quantitative estimate of drug-likeness (QED) is 0.694. The van der Waals surface area contributed by atoms with Gasteiger partial charge in [0.25, 0.3) is 0 Å². The molecule has 0 aromatic carbocycles. The number of Topliss-reactive ketones (excluding diaryl/α,β-unsaturated/α-hetero) is 1. The maximum Gasteiger partial charge on any atom is 0.137 e. The maximum atomic E-state index is 10.8. The monoisotopic (exact) mass is 256 g/mol. The standard InChI is InChI=1S/C9H11O.C5H5.Fe/c1-3-8-4-5-9(6-8)7(2)10;1-2-4-5-3-1;/h4-6H,3H2,1-2H3;1-5H;. The van der Waals surface area contributed by atoms with Gasteiger partial charge in [-0.1, -0.05) is 6.92 Å². The molecule has 0 amide bonds. The van der Waals surface area contributed by atoms with Gasteiger partial charge in [-0.15, -0.1) is 0 Å². The van der Waals surface area contributed by atoms with Gasteiger partial charge in [-0.25, -0.2) is 0 Å². The van der Waals surface area contributed by atoms with Crippen LogP contribution in [0.1, 0.15) is 20.3 Å². The first-order valence-electron chi connectivity index (χ1n) is 5.17. The van der Waals surface area contributed by atoms with Gasteiger partial charge in [0.15, 0.2) is 0 Å². The first-order chi connectivity index (χ1) is 7.24.